The molecule has 0 amide bonds. The predicted octanol–water partition coefficient (Wildman–Crippen LogP) is 4.09. The topological polar surface area (TPSA) is 36.4 Å². The minimum absolute atomic E-state index is 0.0510. The smallest absolute Gasteiger partial charge is 0.172 e. The van der Waals surface area contributed by atoms with Gasteiger partial charge in [0, 0.05) is 24.7 Å². The zero-order chi connectivity index (χ0) is 15.5. The number of rotatable bonds is 5. The van der Waals surface area contributed by atoms with E-state index in [4.69, 9.17) is 11.6 Å². The van der Waals surface area contributed by atoms with Crippen LogP contribution < -0.4 is 4.90 Å². The zero-order valence-electron chi connectivity index (χ0n) is 11.7. The number of aromatic nitrogens is 1. The van der Waals surface area contributed by atoms with E-state index in [1.54, 1.807) is 34.4 Å². The van der Waals surface area contributed by atoms with Crippen molar-refractivity contribution in [3.63, 3.8) is 0 Å². The van der Waals surface area contributed by atoms with Crippen LogP contribution in [0.5, 0.6) is 0 Å². The number of fused-ring (bicyclic) bond motifs is 1. The van der Waals surface area contributed by atoms with Crippen LogP contribution in [0.25, 0.3) is 10.9 Å². The first-order valence-electron chi connectivity index (χ1n) is 6.80. The number of nitrogens with zero attached hydrogens (tertiary/aromatic N) is 2. The monoisotopic (exact) mass is 336 g/mol. The molecule has 1 aromatic carbocycles. The Kier molecular flexibility index (Phi) is 4.57. The second-order valence-corrected chi connectivity index (χ2v) is 6.05. The van der Waals surface area contributed by atoms with Crippen LogP contribution in [0.3, 0.4) is 0 Å². The summed E-state index contributed by atoms with van der Waals surface area (Å²) in [5.41, 5.74) is 1.75. The zero-order valence-corrected chi connectivity index (χ0v) is 13.2. The molecule has 0 spiro atoms. The molecule has 0 saturated heterocycles. The van der Waals surface area contributed by atoms with E-state index in [2.05, 4.69) is 4.98 Å². The maximum Gasteiger partial charge on any atom is 0.172 e. The molecule has 0 bridgehead atoms. The van der Waals surface area contributed by atoms with Gasteiger partial charge >= 0.3 is 0 Å². The van der Waals surface area contributed by atoms with Crippen molar-refractivity contribution in [2.75, 3.05) is 18.1 Å². The quantitative estimate of drug-likeness (QED) is 0.762. The lowest BCUT2D eigenvalue weighted by molar-refractivity contribution is 0.301. The van der Waals surface area contributed by atoms with Crippen molar-refractivity contribution < 1.29 is 9.50 Å². The van der Waals surface area contributed by atoms with Gasteiger partial charge in [0.25, 0.3) is 0 Å². The lowest BCUT2D eigenvalue weighted by Gasteiger charge is -2.24. The molecule has 0 radical (unpaired) electrons. The molecule has 0 unspecified atom stereocenters. The maximum absolute atomic E-state index is 14.8. The number of thiophene rings is 1. The average molecular weight is 337 g/mol. The van der Waals surface area contributed by atoms with Crippen molar-refractivity contribution in [2.24, 2.45) is 0 Å². The van der Waals surface area contributed by atoms with Crippen molar-refractivity contribution in [2.45, 2.75) is 6.54 Å². The Morgan fingerprint density at radius 1 is 1.27 bits per heavy atom. The third-order valence-electron chi connectivity index (χ3n) is 3.44. The Balaban J connectivity index is 2.04. The second-order valence-electron chi connectivity index (χ2n) is 4.86. The highest BCUT2D eigenvalue weighted by Gasteiger charge is 2.16. The number of hydrogen-bond acceptors (Lipinski definition) is 4. The van der Waals surface area contributed by atoms with Crippen LogP contribution in [-0.4, -0.2) is 23.2 Å². The number of aliphatic hydroxyl groups is 1. The molecular formula is C16H14ClFN2OS. The SMILES string of the molecule is OCCN(Cc1ccsc1)c1ccc2c(Cl)ccnc2c1F. The van der Waals surface area contributed by atoms with Gasteiger partial charge in [-0.15, -0.1) is 0 Å². The molecule has 0 aliphatic carbocycles. The van der Waals surface area contributed by atoms with Crippen LogP contribution in [0.15, 0.2) is 41.2 Å². The molecule has 0 fully saturated rings. The molecule has 0 atom stereocenters. The molecular weight excluding hydrogens is 323 g/mol. The van der Waals surface area contributed by atoms with Gasteiger partial charge in [-0.2, -0.15) is 11.3 Å². The number of pyridine rings is 1. The summed E-state index contributed by atoms with van der Waals surface area (Å²) in [6.07, 6.45) is 1.49. The van der Waals surface area contributed by atoms with Crippen molar-refractivity contribution in [1.82, 2.24) is 4.98 Å². The summed E-state index contributed by atoms with van der Waals surface area (Å²) in [7, 11) is 0. The van der Waals surface area contributed by atoms with E-state index < -0.39 is 5.82 Å². The van der Waals surface area contributed by atoms with Gasteiger partial charge in [0.05, 0.1) is 17.3 Å². The highest BCUT2D eigenvalue weighted by Crippen LogP contribution is 2.30. The number of halogens is 2. The molecule has 2 aromatic heterocycles. The Morgan fingerprint density at radius 3 is 2.86 bits per heavy atom. The van der Waals surface area contributed by atoms with Crippen molar-refractivity contribution in [3.05, 3.63) is 57.6 Å². The standard InChI is InChI=1S/C16H14ClFN2OS/c17-13-3-5-19-16-12(13)1-2-14(15(16)18)20(6-7-21)9-11-4-8-22-10-11/h1-5,8,10,21H,6-7,9H2. The van der Waals surface area contributed by atoms with E-state index >= 15 is 0 Å². The van der Waals surface area contributed by atoms with Gasteiger partial charge in [0.1, 0.15) is 5.52 Å². The van der Waals surface area contributed by atoms with Crippen molar-refractivity contribution in [1.29, 1.82) is 0 Å². The van der Waals surface area contributed by atoms with Gasteiger partial charge in [-0.25, -0.2) is 4.39 Å². The van der Waals surface area contributed by atoms with Crippen LogP contribution in [0.4, 0.5) is 10.1 Å². The normalized spacial score (nSPS) is 11.0. The van der Waals surface area contributed by atoms with Gasteiger partial charge in [0.15, 0.2) is 5.82 Å². The Morgan fingerprint density at radius 2 is 2.14 bits per heavy atom. The highest BCUT2D eigenvalue weighted by molar-refractivity contribution is 7.07. The average Bonchev–Trinajstić information content (AvgIpc) is 3.01. The summed E-state index contributed by atoms with van der Waals surface area (Å²) in [5, 5.41) is 14.3. The van der Waals surface area contributed by atoms with E-state index in [0.29, 0.717) is 29.2 Å². The Labute approximate surface area is 136 Å². The minimum atomic E-state index is -0.413. The lowest BCUT2D eigenvalue weighted by atomic mass is 10.1. The van der Waals surface area contributed by atoms with Crippen molar-refractivity contribution >= 4 is 39.5 Å². The van der Waals surface area contributed by atoms with Gasteiger partial charge in [0.2, 0.25) is 0 Å². The molecule has 0 aliphatic rings. The fourth-order valence-electron chi connectivity index (χ4n) is 2.39. The number of hydrogen-bond donors (Lipinski definition) is 1. The van der Waals surface area contributed by atoms with Gasteiger partial charge in [-0.3, -0.25) is 4.98 Å². The van der Waals surface area contributed by atoms with E-state index in [1.165, 1.54) is 6.20 Å². The molecule has 114 valence electrons. The molecule has 2 heterocycles. The fourth-order valence-corrected chi connectivity index (χ4v) is 3.26. The summed E-state index contributed by atoms with van der Waals surface area (Å²) in [6, 6.07) is 7.08. The molecule has 3 nitrogen and oxygen atoms in total. The van der Waals surface area contributed by atoms with E-state index in [1.807, 2.05) is 16.8 Å². The highest BCUT2D eigenvalue weighted by atomic mass is 35.5. The summed E-state index contributed by atoms with van der Waals surface area (Å²) >= 11 is 7.67. The fraction of sp³-hybridized carbons (Fsp3) is 0.188. The van der Waals surface area contributed by atoms with Gasteiger partial charge in [-0.05, 0) is 40.6 Å². The van der Waals surface area contributed by atoms with E-state index in [9.17, 15) is 9.50 Å². The largest absolute Gasteiger partial charge is 0.395 e. The first-order valence-corrected chi connectivity index (χ1v) is 8.12. The molecule has 3 aromatic rings. The summed E-state index contributed by atoms with van der Waals surface area (Å²) in [4.78, 5) is 5.90. The minimum Gasteiger partial charge on any atom is -0.395 e. The summed E-state index contributed by atoms with van der Waals surface area (Å²) in [5.74, 6) is -0.413. The van der Waals surface area contributed by atoms with Crippen LogP contribution in [0.2, 0.25) is 5.02 Å². The lowest BCUT2D eigenvalue weighted by Crippen LogP contribution is -2.26. The van der Waals surface area contributed by atoms with E-state index in [-0.39, 0.29) is 12.1 Å². The second kappa shape index (κ2) is 6.60. The number of anilines is 1. The van der Waals surface area contributed by atoms with Crippen LogP contribution in [-0.2, 0) is 6.54 Å². The molecule has 0 saturated carbocycles. The molecule has 0 aliphatic heterocycles. The number of aliphatic hydroxyl groups excluding tert-OH is 1. The molecule has 22 heavy (non-hydrogen) atoms. The summed E-state index contributed by atoms with van der Waals surface area (Å²) in [6.45, 7) is 0.830. The Hall–Kier alpha value is -1.69. The number of benzene rings is 1. The first kappa shape index (κ1) is 15.2. The van der Waals surface area contributed by atoms with Crippen molar-refractivity contribution in [3.8, 4) is 0 Å². The third-order valence-corrected chi connectivity index (χ3v) is 4.50. The Bertz CT molecular complexity index is 779. The van der Waals surface area contributed by atoms with Crippen LogP contribution in [0, 0.1) is 5.82 Å². The first-order chi connectivity index (χ1) is 10.7. The summed E-state index contributed by atoms with van der Waals surface area (Å²) < 4.78 is 14.8. The van der Waals surface area contributed by atoms with Crippen LogP contribution >= 0.6 is 22.9 Å². The van der Waals surface area contributed by atoms with Crippen LogP contribution in [0.1, 0.15) is 5.56 Å². The molecule has 6 heteroatoms. The molecule has 3 rings (SSSR count). The third kappa shape index (κ3) is 2.92. The van der Waals surface area contributed by atoms with Gasteiger partial charge < -0.3 is 10.0 Å². The molecule has 1 N–H and O–H groups in total. The predicted molar refractivity (Wildman–Crippen MR) is 89.2 cm³/mol. The van der Waals surface area contributed by atoms with Gasteiger partial charge in [-0.1, -0.05) is 11.6 Å². The maximum atomic E-state index is 14.8. The van der Waals surface area contributed by atoms with E-state index in [0.717, 1.165) is 5.56 Å².